The van der Waals surface area contributed by atoms with E-state index in [1.54, 1.807) is 0 Å². The number of methoxy groups -OCH3 is 1. The number of esters is 1. The molecule has 2 N–H and O–H groups in total. The molecule has 5 nitrogen and oxygen atoms in total. The van der Waals surface area contributed by atoms with Crippen molar-refractivity contribution in [1.29, 1.82) is 5.26 Å². The summed E-state index contributed by atoms with van der Waals surface area (Å²) in [6, 6.07) is 2.45. The predicted octanol–water partition coefficient (Wildman–Crippen LogP) is 1.26. The van der Waals surface area contributed by atoms with Crippen LogP contribution in [0.25, 0.3) is 0 Å². The summed E-state index contributed by atoms with van der Waals surface area (Å²) < 4.78 is 29.3. The number of halogens is 2. The van der Waals surface area contributed by atoms with Crippen molar-refractivity contribution in [2.24, 2.45) is 0 Å². The fourth-order valence-electron chi connectivity index (χ4n) is 1.11. The highest BCUT2D eigenvalue weighted by molar-refractivity contribution is 5.88. The van der Waals surface area contributed by atoms with Gasteiger partial charge in [-0.1, -0.05) is 0 Å². The predicted molar refractivity (Wildman–Crippen MR) is 49.7 cm³/mol. The lowest BCUT2D eigenvalue weighted by Crippen LogP contribution is -2.10. The number of pyridine rings is 1. The molecule has 0 saturated heterocycles. The molecule has 0 aromatic carbocycles. The van der Waals surface area contributed by atoms with Crippen LogP contribution in [0.4, 0.5) is 14.6 Å². The normalized spacial score (nSPS) is 9.94. The van der Waals surface area contributed by atoms with Crippen LogP contribution in [0.2, 0.25) is 0 Å². The first kappa shape index (κ1) is 11.8. The lowest BCUT2D eigenvalue weighted by atomic mass is 10.1. The zero-order chi connectivity index (χ0) is 12.3. The van der Waals surface area contributed by atoms with Gasteiger partial charge in [0.05, 0.1) is 24.3 Å². The summed E-state index contributed by atoms with van der Waals surface area (Å²) in [5, 5.41) is 8.65. The molecule has 0 bridgehead atoms. The van der Waals surface area contributed by atoms with Crippen molar-refractivity contribution >= 4 is 11.8 Å². The van der Waals surface area contributed by atoms with Gasteiger partial charge in [-0.3, -0.25) is 0 Å². The molecule has 0 aliphatic carbocycles. The topological polar surface area (TPSA) is 89.0 Å². The Balaban J connectivity index is 3.39. The minimum absolute atomic E-state index is 0.277. The summed E-state index contributed by atoms with van der Waals surface area (Å²) in [5.41, 5.74) is 3.91. The van der Waals surface area contributed by atoms with Crippen LogP contribution in [-0.2, 0) is 4.74 Å². The van der Waals surface area contributed by atoms with E-state index in [-0.39, 0.29) is 11.3 Å². The Hall–Kier alpha value is -2.23. The van der Waals surface area contributed by atoms with E-state index in [9.17, 15) is 13.6 Å². The molecule has 0 atom stereocenters. The number of carbonyl (C=O) groups excluding carboxylic acids is 1. The number of aromatic nitrogens is 1. The zero-order valence-electron chi connectivity index (χ0n) is 8.20. The van der Waals surface area contributed by atoms with Crippen molar-refractivity contribution in [1.82, 2.24) is 4.98 Å². The van der Waals surface area contributed by atoms with E-state index in [0.717, 1.165) is 13.2 Å². The van der Waals surface area contributed by atoms with E-state index in [1.807, 2.05) is 0 Å². The highest BCUT2D eigenvalue weighted by Gasteiger charge is 2.21. The van der Waals surface area contributed by atoms with Crippen molar-refractivity contribution in [3.8, 4) is 6.07 Å². The van der Waals surface area contributed by atoms with Gasteiger partial charge < -0.3 is 10.5 Å². The molecule has 84 valence electrons. The average molecular weight is 227 g/mol. The van der Waals surface area contributed by atoms with Gasteiger partial charge in [0, 0.05) is 0 Å². The van der Waals surface area contributed by atoms with Crippen molar-refractivity contribution < 1.29 is 18.3 Å². The van der Waals surface area contributed by atoms with Crippen LogP contribution in [0.3, 0.4) is 0 Å². The minimum atomic E-state index is -2.92. The number of alkyl halides is 2. The number of rotatable bonds is 2. The third kappa shape index (κ3) is 2.06. The van der Waals surface area contributed by atoms with Crippen molar-refractivity contribution in [2.45, 2.75) is 6.43 Å². The Morgan fingerprint density at radius 3 is 2.75 bits per heavy atom. The van der Waals surface area contributed by atoms with Gasteiger partial charge in [-0.05, 0) is 6.07 Å². The van der Waals surface area contributed by atoms with Crippen LogP contribution in [-0.4, -0.2) is 18.1 Å². The van der Waals surface area contributed by atoms with Crippen LogP contribution < -0.4 is 5.73 Å². The van der Waals surface area contributed by atoms with Crippen LogP contribution >= 0.6 is 0 Å². The van der Waals surface area contributed by atoms with Crippen molar-refractivity contribution in [3.63, 3.8) is 0 Å². The summed E-state index contributed by atoms with van der Waals surface area (Å²) >= 11 is 0. The van der Waals surface area contributed by atoms with Gasteiger partial charge in [-0.15, -0.1) is 0 Å². The summed E-state index contributed by atoms with van der Waals surface area (Å²) in [7, 11) is 1.10. The zero-order valence-corrected chi connectivity index (χ0v) is 8.20. The Morgan fingerprint density at radius 1 is 1.69 bits per heavy atom. The van der Waals surface area contributed by atoms with E-state index < -0.39 is 23.8 Å². The maximum atomic E-state index is 12.5. The van der Waals surface area contributed by atoms with E-state index >= 15 is 0 Å². The largest absolute Gasteiger partial charge is 0.464 e. The van der Waals surface area contributed by atoms with Gasteiger partial charge in [-0.25, -0.2) is 18.6 Å². The highest BCUT2D eigenvalue weighted by atomic mass is 19.3. The minimum Gasteiger partial charge on any atom is -0.464 e. The number of hydrogen-bond donors (Lipinski definition) is 1. The number of hydrogen-bond acceptors (Lipinski definition) is 5. The average Bonchev–Trinajstić information content (AvgIpc) is 2.26. The maximum Gasteiger partial charge on any atom is 0.356 e. The Morgan fingerprint density at radius 2 is 2.31 bits per heavy atom. The maximum absolute atomic E-state index is 12.5. The molecule has 0 amide bonds. The SMILES string of the molecule is COC(=O)c1cc(C#N)c(C(F)F)c(N)n1. The highest BCUT2D eigenvalue weighted by Crippen LogP contribution is 2.27. The van der Waals surface area contributed by atoms with Crippen LogP contribution in [0.15, 0.2) is 6.07 Å². The fraction of sp³-hybridized carbons (Fsp3) is 0.222. The Kier molecular flexibility index (Phi) is 3.35. The lowest BCUT2D eigenvalue weighted by molar-refractivity contribution is 0.0593. The molecule has 0 aliphatic rings. The molecule has 1 rings (SSSR count). The van der Waals surface area contributed by atoms with Gasteiger partial charge in [0.15, 0.2) is 5.69 Å². The van der Waals surface area contributed by atoms with E-state index in [0.29, 0.717) is 0 Å². The van der Waals surface area contributed by atoms with Crippen molar-refractivity contribution in [2.75, 3.05) is 12.8 Å². The monoisotopic (exact) mass is 227 g/mol. The summed E-state index contributed by atoms with van der Waals surface area (Å²) in [5.74, 6) is -1.39. The number of nitrogens with zero attached hydrogens (tertiary/aromatic N) is 2. The second-order valence-corrected chi connectivity index (χ2v) is 2.76. The fourth-order valence-corrected chi connectivity index (χ4v) is 1.11. The van der Waals surface area contributed by atoms with Gasteiger partial charge in [-0.2, -0.15) is 5.26 Å². The van der Waals surface area contributed by atoms with Gasteiger partial charge in [0.25, 0.3) is 6.43 Å². The molecule has 0 radical (unpaired) electrons. The van der Waals surface area contributed by atoms with Crippen molar-refractivity contribution in [3.05, 3.63) is 22.9 Å². The molecule has 1 aromatic heterocycles. The number of anilines is 1. The van der Waals surface area contributed by atoms with E-state index in [4.69, 9.17) is 11.0 Å². The molecular weight excluding hydrogens is 220 g/mol. The number of ether oxygens (including phenoxy) is 1. The molecule has 0 spiro atoms. The summed E-state index contributed by atoms with van der Waals surface area (Å²) in [4.78, 5) is 14.5. The molecule has 0 aliphatic heterocycles. The number of nitrogens with two attached hydrogens (primary N) is 1. The second-order valence-electron chi connectivity index (χ2n) is 2.76. The standard InChI is InChI=1S/C9H7F2N3O2/c1-16-9(15)5-2-4(3-12)6(7(10)11)8(13)14-5/h2,7H,1H3,(H2,13,14). The van der Waals surface area contributed by atoms with Crippen LogP contribution in [0, 0.1) is 11.3 Å². The molecule has 0 saturated carbocycles. The molecule has 1 aromatic rings. The molecule has 7 heteroatoms. The number of carbonyl (C=O) groups is 1. The molecule has 16 heavy (non-hydrogen) atoms. The van der Waals surface area contributed by atoms with E-state index in [2.05, 4.69) is 9.72 Å². The Bertz CT molecular complexity index is 469. The summed E-state index contributed by atoms with van der Waals surface area (Å²) in [6.45, 7) is 0. The number of nitriles is 1. The summed E-state index contributed by atoms with van der Waals surface area (Å²) in [6.07, 6.45) is -2.92. The second kappa shape index (κ2) is 4.53. The first-order valence-electron chi connectivity index (χ1n) is 4.08. The molecule has 0 unspecified atom stereocenters. The van der Waals surface area contributed by atoms with Gasteiger partial charge in [0.2, 0.25) is 0 Å². The van der Waals surface area contributed by atoms with Gasteiger partial charge >= 0.3 is 5.97 Å². The third-order valence-electron chi connectivity index (χ3n) is 1.82. The molecule has 0 fully saturated rings. The lowest BCUT2D eigenvalue weighted by Gasteiger charge is -2.07. The van der Waals surface area contributed by atoms with E-state index in [1.165, 1.54) is 6.07 Å². The third-order valence-corrected chi connectivity index (χ3v) is 1.82. The molecule has 1 heterocycles. The smallest absolute Gasteiger partial charge is 0.356 e. The molecular formula is C9H7F2N3O2. The van der Waals surface area contributed by atoms with Crippen LogP contribution in [0.5, 0.6) is 0 Å². The Labute approximate surface area is 89.4 Å². The van der Waals surface area contributed by atoms with Crippen LogP contribution in [0.1, 0.15) is 28.0 Å². The first-order chi connectivity index (χ1) is 7.51. The van der Waals surface area contributed by atoms with Gasteiger partial charge in [0.1, 0.15) is 5.82 Å². The first-order valence-corrected chi connectivity index (χ1v) is 4.08. The quantitative estimate of drug-likeness (QED) is 0.768. The number of nitrogen functional groups attached to an aromatic ring is 1.